The van der Waals surface area contributed by atoms with Crippen molar-refractivity contribution in [3.05, 3.63) is 11.6 Å². The zero-order valence-electron chi connectivity index (χ0n) is 8.93. The molecule has 1 rings (SSSR count). The fourth-order valence-electron chi connectivity index (χ4n) is 1.16. The minimum absolute atomic E-state index is 0.180. The van der Waals surface area contributed by atoms with Crippen LogP contribution in [-0.4, -0.2) is 32.4 Å². The van der Waals surface area contributed by atoms with Crippen LogP contribution in [-0.2, 0) is 29.6 Å². The summed E-state index contributed by atoms with van der Waals surface area (Å²) in [7, 11) is 1.77. The smallest absolute Gasteiger partial charge is 0.329 e. The van der Waals surface area contributed by atoms with Gasteiger partial charge in [0.2, 0.25) is 0 Å². The van der Waals surface area contributed by atoms with Gasteiger partial charge in [-0.05, 0) is 6.42 Å². The third-order valence-corrected chi connectivity index (χ3v) is 1.83. The van der Waals surface area contributed by atoms with E-state index in [1.807, 2.05) is 0 Å². The van der Waals surface area contributed by atoms with E-state index in [0.717, 1.165) is 18.7 Å². The monoisotopic (exact) mass is 213 g/mol. The highest BCUT2D eigenvalue weighted by atomic mass is 16.5. The van der Waals surface area contributed by atoms with Crippen LogP contribution in [0.5, 0.6) is 0 Å². The van der Waals surface area contributed by atoms with Crippen molar-refractivity contribution in [1.82, 2.24) is 14.8 Å². The van der Waals surface area contributed by atoms with Crippen molar-refractivity contribution < 1.29 is 14.6 Å². The van der Waals surface area contributed by atoms with Crippen LogP contribution in [0.25, 0.3) is 0 Å². The Balaban J connectivity index is 2.49. The van der Waals surface area contributed by atoms with Gasteiger partial charge < -0.3 is 9.84 Å². The Bertz CT molecular complexity index is 335. The molecule has 0 saturated carbocycles. The van der Waals surface area contributed by atoms with Crippen molar-refractivity contribution >= 4 is 5.97 Å². The largest absolute Gasteiger partial charge is 0.480 e. The van der Waals surface area contributed by atoms with E-state index in [1.54, 1.807) is 11.7 Å². The summed E-state index contributed by atoms with van der Waals surface area (Å²) in [5, 5.41) is 12.6. The van der Waals surface area contributed by atoms with Gasteiger partial charge in [0.1, 0.15) is 13.2 Å². The highest BCUT2D eigenvalue weighted by Crippen LogP contribution is 2.01. The summed E-state index contributed by atoms with van der Waals surface area (Å²) in [5.74, 6) is 0.444. The summed E-state index contributed by atoms with van der Waals surface area (Å²) in [6.07, 6.45) is 1.81. The number of hydrogen-bond donors (Lipinski definition) is 1. The number of aryl methyl sites for hydroxylation is 2. The topological polar surface area (TPSA) is 77.2 Å². The predicted octanol–water partition coefficient (Wildman–Crippen LogP) is 0.369. The lowest BCUT2D eigenvalue weighted by Gasteiger charge is -1.99. The molecule has 1 aromatic rings. The van der Waals surface area contributed by atoms with Crippen LogP contribution in [0.2, 0.25) is 0 Å². The maximum atomic E-state index is 10.2. The van der Waals surface area contributed by atoms with Gasteiger partial charge in [-0.15, -0.1) is 0 Å². The van der Waals surface area contributed by atoms with E-state index in [9.17, 15) is 4.79 Å². The molecule has 6 nitrogen and oxygen atoms in total. The third kappa shape index (κ3) is 3.67. The number of rotatable bonds is 6. The van der Waals surface area contributed by atoms with Gasteiger partial charge in [-0.1, -0.05) is 6.92 Å². The second-order valence-electron chi connectivity index (χ2n) is 3.20. The van der Waals surface area contributed by atoms with Crippen molar-refractivity contribution in [2.24, 2.45) is 7.05 Å². The lowest BCUT2D eigenvalue weighted by molar-refractivity contribution is -0.142. The Morgan fingerprint density at radius 3 is 2.93 bits per heavy atom. The van der Waals surface area contributed by atoms with Gasteiger partial charge in [-0.2, -0.15) is 5.10 Å². The molecule has 0 aliphatic heterocycles. The minimum atomic E-state index is -0.981. The van der Waals surface area contributed by atoms with Crippen LogP contribution >= 0.6 is 0 Å². The molecule has 0 aliphatic rings. The van der Waals surface area contributed by atoms with Gasteiger partial charge in [0, 0.05) is 13.5 Å². The van der Waals surface area contributed by atoms with E-state index in [1.165, 1.54) is 0 Å². The first-order chi connectivity index (χ1) is 7.13. The highest BCUT2D eigenvalue weighted by molar-refractivity contribution is 5.67. The maximum Gasteiger partial charge on any atom is 0.329 e. The maximum absolute atomic E-state index is 10.2. The molecule has 1 aromatic heterocycles. The fraction of sp³-hybridized carbons (Fsp3) is 0.667. The first-order valence-electron chi connectivity index (χ1n) is 4.81. The molecule has 0 amide bonds. The fourth-order valence-corrected chi connectivity index (χ4v) is 1.16. The number of carboxylic acids is 1. The Morgan fingerprint density at radius 1 is 1.60 bits per heavy atom. The van der Waals surface area contributed by atoms with Gasteiger partial charge in [0.15, 0.2) is 11.6 Å². The summed E-state index contributed by atoms with van der Waals surface area (Å²) in [5.41, 5.74) is 0. The molecule has 0 fully saturated rings. The van der Waals surface area contributed by atoms with Gasteiger partial charge in [0.25, 0.3) is 0 Å². The molecule has 1 N–H and O–H groups in total. The number of aromatic nitrogens is 3. The zero-order chi connectivity index (χ0) is 11.3. The Labute approximate surface area is 87.9 Å². The van der Waals surface area contributed by atoms with Crippen LogP contribution in [0.4, 0.5) is 0 Å². The molecule has 0 aromatic carbocycles. The average molecular weight is 213 g/mol. The summed E-state index contributed by atoms with van der Waals surface area (Å²) in [6, 6.07) is 0. The molecule has 0 saturated heterocycles. The Morgan fingerprint density at radius 2 is 2.33 bits per heavy atom. The number of hydrogen-bond acceptors (Lipinski definition) is 4. The predicted molar refractivity (Wildman–Crippen MR) is 52.3 cm³/mol. The summed E-state index contributed by atoms with van der Waals surface area (Å²) < 4.78 is 6.55. The molecular weight excluding hydrogens is 198 g/mol. The average Bonchev–Trinajstić information content (AvgIpc) is 2.47. The van der Waals surface area contributed by atoms with Crippen molar-refractivity contribution in [1.29, 1.82) is 0 Å². The van der Waals surface area contributed by atoms with Crippen LogP contribution in [0.15, 0.2) is 0 Å². The lowest BCUT2D eigenvalue weighted by atomic mass is 10.3. The van der Waals surface area contributed by atoms with Crippen LogP contribution in [0.1, 0.15) is 25.0 Å². The third-order valence-electron chi connectivity index (χ3n) is 1.83. The lowest BCUT2D eigenvalue weighted by Crippen LogP contribution is -2.09. The number of nitrogens with zero attached hydrogens (tertiary/aromatic N) is 3. The molecule has 0 aliphatic carbocycles. The molecule has 0 radical (unpaired) electrons. The van der Waals surface area contributed by atoms with E-state index < -0.39 is 5.97 Å². The summed E-state index contributed by atoms with van der Waals surface area (Å²) in [6.45, 7) is 1.92. The van der Waals surface area contributed by atoms with Gasteiger partial charge in [-0.25, -0.2) is 9.78 Å². The summed E-state index contributed by atoms with van der Waals surface area (Å²) in [4.78, 5) is 14.4. The van der Waals surface area contributed by atoms with Crippen LogP contribution in [0.3, 0.4) is 0 Å². The standard InChI is InChI=1S/C9H15N3O3/c1-3-4-7-10-8(12(2)11-7)5-15-6-9(13)14/h3-6H2,1-2H3,(H,13,14). The van der Waals surface area contributed by atoms with Crippen molar-refractivity contribution in [3.63, 3.8) is 0 Å². The SMILES string of the molecule is CCCc1nc(COCC(=O)O)n(C)n1. The zero-order valence-corrected chi connectivity index (χ0v) is 8.93. The van der Waals surface area contributed by atoms with Crippen molar-refractivity contribution in [2.45, 2.75) is 26.4 Å². The minimum Gasteiger partial charge on any atom is -0.480 e. The molecule has 0 atom stereocenters. The van der Waals surface area contributed by atoms with E-state index in [-0.39, 0.29) is 13.2 Å². The number of carbonyl (C=O) groups is 1. The normalized spacial score (nSPS) is 10.5. The summed E-state index contributed by atoms with van der Waals surface area (Å²) >= 11 is 0. The van der Waals surface area contributed by atoms with Crippen LogP contribution in [0, 0.1) is 0 Å². The second kappa shape index (κ2) is 5.45. The van der Waals surface area contributed by atoms with E-state index >= 15 is 0 Å². The first kappa shape index (κ1) is 11.6. The molecular formula is C9H15N3O3. The van der Waals surface area contributed by atoms with E-state index in [2.05, 4.69) is 17.0 Å². The molecule has 6 heteroatoms. The van der Waals surface area contributed by atoms with Gasteiger partial charge in [-0.3, -0.25) is 4.68 Å². The Kier molecular flexibility index (Phi) is 4.23. The van der Waals surface area contributed by atoms with E-state index in [0.29, 0.717) is 5.82 Å². The van der Waals surface area contributed by atoms with Gasteiger partial charge in [0.05, 0.1) is 0 Å². The quantitative estimate of drug-likeness (QED) is 0.738. The van der Waals surface area contributed by atoms with Crippen molar-refractivity contribution in [3.8, 4) is 0 Å². The van der Waals surface area contributed by atoms with Crippen LogP contribution < -0.4 is 0 Å². The number of carboxylic acid groups (broad SMARTS) is 1. The second-order valence-corrected chi connectivity index (χ2v) is 3.20. The molecule has 0 spiro atoms. The molecule has 15 heavy (non-hydrogen) atoms. The Hall–Kier alpha value is -1.43. The number of aliphatic carboxylic acids is 1. The molecule has 0 unspecified atom stereocenters. The number of ether oxygens (including phenoxy) is 1. The molecule has 0 bridgehead atoms. The van der Waals surface area contributed by atoms with Crippen molar-refractivity contribution in [2.75, 3.05) is 6.61 Å². The highest BCUT2D eigenvalue weighted by Gasteiger charge is 2.07. The first-order valence-corrected chi connectivity index (χ1v) is 4.81. The molecule has 1 heterocycles. The van der Waals surface area contributed by atoms with Gasteiger partial charge >= 0.3 is 5.97 Å². The molecule has 84 valence electrons. The van der Waals surface area contributed by atoms with E-state index in [4.69, 9.17) is 9.84 Å².